The van der Waals surface area contributed by atoms with E-state index in [2.05, 4.69) is 125 Å². The molecule has 0 aliphatic carbocycles. The lowest BCUT2D eigenvalue weighted by molar-refractivity contribution is 0.0603. The Morgan fingerprint density at radius 3 is 1.09 bits per heavy atom. The molecule has 1 amide bonds. The Morgan fingerprint density at radius 2 is 0.767 bits per heavy atom. The van der Waals surface area contributed by atoms with Crippen LogP contribution in [0.15, 0.2) is 211 Å². The molecule has 0 aliphatic rings. The molecule has 0 saturated heterocycles. The van der Waals surface area contributed by atoms with Gasteiger partial charge in [-0.1, -0.05) is 165 Å². The number of para-hydroxylation sites is 2. The molecule has 8 aromatic carbocycles. The van der Waals surface area contributed by atoms with Crippen molar-refractivity contribution in [3.05, 3.63) is 240 Å². The number of hydrogen-bond donors (Lipinski definition) is 3. The van der Waals surface area contributed by atoms with Crippen molar-refractivity contribution in [1.29, 1.82) is 0 Å². The minimum atomic E-state index is -0.570. The highest BCUT2D eigenvalue weighted by Crippen LogP contribution is 2.36. The van der Waals surface area contributed by atoms with E-state index >= 15 is 0 Å². The third-order valence-electron chi connectivity index (χ3n) is 15.1. The first kappa shape index (κ1) is 66.3. The van der Waals surface area contributed by atoms with Gasteiger partial charge in [0, 0.05) is 28.4 Å². The number of carbonyl (C=O) groups is 1. The summed E-state index contributed by atoms with van der Waals surface area (Å²) in [5, 5.41) is 22.2. The molecule has 0 aromatic heterocycles. The third-order valence-corrected chi connectivity index (χ3v) is 15.1. The zero-order valence-corrected chi connectivity index (χ0v) is 51.3. The van der Waals surface area contributed by atoms with Gasteiger partial charge in [-0.2, -0.15) is 4.99 Å². The van der Waals surface area contributed by atoms with Crippen LogP contribution in [-0.4, -0.2) is 81.3 Å². The number of ether oxygens (including phenoxy) is 7. The average Bonchev–Trinajstić information content (AvgIpc) is 2.06. The number of hydrogen-bond acceptors (Lipinski definition) is 12. The smallest absolute Gasteiger partial charge is 0.412 e. The normalized spacial score (nSPS) is 12.2. The van der Waals surface area contributed by atoms with Gasteiger partial charge in [-0.15, -0.1) is 0 Å². The molecule has 3 N–H and O–H groups in total. The number of isocyanates is 1. The van der Waals surface area contributed by atoms with Crippen molar-refractivity contribution in [1.82, 2.24) is 0 Å². The maximum atomic E-state index is 12.9. The van der Waals surface area contributed by atoms with Crippen LogP contribution >= 0.6 is 0 Å². The molecular weight excluding hydrogens is 1080 g/mol. The van der Waals surface area contributed by atoms with Gasteiger partial charge in [0.2, 0.25) is 6.08 Å². The number of anilines is 1. The van der Waals surface area contributed by atoms with Gasteiger partial charge in [-0.3, -0.25) is 5.32 Å². The first-order valence-electron chi connectivity index (χ1n) is 29.1. The van der Waals surface area contributed by atoms with Crippen molar-refractivity contribution in [2.24, 2.45) is 4.99 Å². The number of aliphatic hydroxyl groups is 2. The number of rotatable bonds is 26. The Hall–Kier alpha value is -8.87. The summed E-state index contributed by atoms with van der Waals surface area (Å²) in [5.41, 5.74) is 7.75. The molecular formula is C73H84N2O11. The molecule has 452 valence electrons. The number of nitrogens with one attached hydrogen (secondary N) is 1. The first-order chi connectivity index (χ1) is 41.4. The summed E-state index contributed by atoms with van der Waals surface area (Å²) in [6.45, 7) is 18.1. The Kier molecular flexibility index (Phi) is 25.4. The lowest BCUT2D eigenvalue weighted by Gasteiger charge is -2.27. The monoisotopic (exact) mass is 1160 g/mol. The highest BCUT2D eigenvalue weighted by molar-refractivity contribution is 5.84. The maximum Gasteiger partial charge on any atom is 0.412 e. The number of nitrogens with zero attached hydrogens (tertiary/aromatic N) is 1. The first-order valence-corrected chi connectivity index (χ1v) is 29.1. The van der Waals surface area contributed by atoms with Crippen LogP contribution in [0.5, 0.6) is 34.5 Å². The van der Waals surface area contributed by atoms with E-state index in [0.29, 0.717) is 49.6 Å². The van der Waals surface area contributed by atoms with E-state index in [1.54, 1.807) is 38.5 Å². The highest BCUT2D eigenvalue weighted by Gasteiger charge is 2.26. The summed E-state index contributed by atoms with van der Waals surface area (Å²) in [4.78, 5) is 26.0. The Morgan fingerprint density at radius 1 is 0.453 bits per heavy atom. The van der Waals surface area contributed by atoms with Crippen LogP contribution in [0, 0.1) is 0 Å². The molecule has 0 aliphatic heterocycles. The van der Waals surface area contributed by atoms with Crippen LogP contribution in [0.4, 0.5) is 16.2 Å². The predicted octanol–water partition coefficient (Wildman–Crippen LogP) is 15.8. The van der Waals surface area contributed by atoms with Crippen molar-refractivity contribution in [2.45, 2.75) is 109 Å². The molecule has 8 aromatic rings. The molecule has 3 unspecified atom stereocenters. The number of amides is 1. The Labute approximate surface area is 508 Å². The number of benzene rings is 8. The topological polar surface area (TPSA) is 164 Å². The van der Waals surface area contributed by atoms with Gasteiger partial charge >= 0.3 is 6.09 Å². The largest absolute Gasteiger partial charge is 0.497 e. The molecule has 0 bridgehead atoms. The van der Waals surface area contributed by atoms with Crippen molar-refractivity contribution in [3.8, 4) is 34.5 Å². The molecule has 0 radical (unpaired) electrons. The van der Waals surface area contributed by atoms with Gasteiger partial charge in [-0.05, 0) is 143 Å². The van der Waals surface area contributed by atoms with E-state index in [1.807, 2.05) is 123 Å². The predicted molar refractivity (Wildman–Crippen MR) is 342 cm³/mol. The van der Waals surface area contributed by atoms with E-state index in [0.717, 1.165) is 45.4 Å². The fraction of sp³-hybridized carbons (Fsp3) is 0.315. The third kappa shape index (κ3) is 20.2. The maximum absolute atomic E-state index is 12.9. The van der Waals surface area contributed by atoms with Gasteiger partial charge in [0.15, 0.2) is 0 Å². The summed E-state index contributed by atoms with van der Waals surface area (Å²) >= 11 is 0. The quantitative estimate of drug-likeness (QED) is 0.0349. The van der Waals surface area contributed by atoms with E-state index in [9.17, 15) is 19.8 Å². The van der Waals surface area contributed by atoms with E-state index in [-0.39, 0.29) is 29.5 Å². The summed E-state index contributed by atoms with van der Waals surface area (Å²) in [5.74, 6) is 4.60. The highest BCUT2D eigenvalue weighted by atomic mass is 16.6. The summed E-state index contributed by atoms with van der Waals surface area (Å²) in [6.07, 6.45) is 1.22. The molecule has 8 rings (SSSR count). The van der Waals surface area contributed by atoms with Gasteiger partial charge in [0.1, 0.15) is 60.4 Å². The van der Waals surface area contributed by atoms with Gasteiger partial charge in [0.05, 0.1) is 38.7 Å². The SMILES string of the molecule is CCC(O)COc1ccc(C(C)(C)c2ccc(OC)cc2)cc1.CCC(O)COc1ccc(C(C)(C)c2ccc(OCCC(COc3ccc(C(C)(C)c4ccc(OC)cc4)cc3)OC(=O)Nc3ccccc3)cc2)cc1.O=C=Nc1ccccc1. The molecule has 13 nitrogen and oxygen atoms in total. The Balaban J connectivity index is 0.000000300. The second-order valence-electron chi connectivity index (χ2n) is 22.2. The van der Waals surface area contributed by atoms with Gasteiger partial charge in [0.25, 0.3) is 0 Å². The van der Waals surface area contributed by atoms with Crippen LogP contribution in [-0.2, 0) is 25.8 Å². The van der Waals surface area contributed by atoms with E-state index in [1.165, 1.54) is 22.8 Å². The lowest BCUT2D eigenvalue weighted by atomic mass is 9.78. The number of methoxy groups -OCH3 is 2. The van der Waals surface area contributed by atoms with Crippen LogP contribution in [0.25, 0.3) is 0 Å². The van der Waals surface area contributed by atoms with Gasteiger partial charge < -0.3 is 43.4 Å². The van der Waals surface area contributed by atoms with E-state index in [4.69, 9.17) is 33.2 Å². The summed E-state index contributed by atoms with van der Waals surface area (Å²) in [6, 6.07) is 66.7. The minimum Gasteiger partial charge on any atom is -0.497 e. The zero-order chi connectivity index (χ0) is 62.0. The van der Waals surface area contributed by atoms with Crippen LogP contribution in [0.1, 0.15) is 108 Å². The molecule has 13 heteroatoms. The van der Waals surface area contributed by atoms with Crippen LogP contribution in [0.3, 0.4) is 0 Å². The standard InChI is InChI=1S/C46H53NO7.C20H26O3.C7H5NO/c1-7-38(48)31-52-41-25-17-35(18-26-41)46(4,5)34-15-23-40(24-16-34)51-30-29-43(54-44(49)47-37-11-9-8-10-12-37)32-53-42-27-19-36(20-28-42)45(2,3)33-13-21-39(50-6)22-14-33;1-5-17(21)14-23-19-12-8-16(9-13-19)20(2,3)15-6-10-18(22-4)11-7-15;9-6-8-7-4-2-1-3-5-7/h8-28,38,43,48H,7,29-32H2,1-6H3,(H,47,49);6-13,17,21H,5,14H2,1-4H3;1-5H. The van der Waals surface area contributed by atoms with Crippen LogP contribution in [0.2, 0.25) is 0 Å². The lowest BCUT2D eigenvalue weighted by Crippen LogP contribution is -2.29. The number of carbonyl (C=O) groups excluding carboxylic acids is 2. The Bertz CT molecular complexity index is 3270. The molecule has 3 atom stereocenters. The second-order valence-corrected chi connectivity index (χ2v) is 22.2. The molecule has 86 heavy (non-hydrogen) atoms. The fourth-order valence-electron chi connectivity index (χ4n) is 9.06. The molecule has 0 spiro atoms. The molecule has 0 saturated carbocycles. The molecule has 0 fully saturated rings. The van der Waals surface area contributed by atoms with Crippen molar-refractivity contribution >= 4 is 23.5 Å². The van der Waals surface area contributed by atoms with Crippen LogP contribution < -0.4 is 33.7 Å². The van der Waals surface area contributed by atoms with E-state index < -0.39 is 24.4 Å². The minimum absolute atomic E-state index is 0.103. The van der Waals surface area contributed by atoms with Gasteiger partial charge in [-0.25, -0.2) is 9.59 Å². The summed E-state index contributed by atoms with van der Waals surface area (Å²) < 4.78 is 40.0. The number of aliphatic imine (C=N–C) groups is 1. The van der Waals surface area contributed by atoms with Crippen molar-refractivity contribution in [3.63, 3.8) is 0 Å². The number of aliphatic hydroxyl groups excluding tert-OH is 2. The fourth-order valence-corrected chi connectivity index (χ4v) is 9.06. The molecule has 0 heterocycles. The second kappa shape index (κ2) is 33.0. The van der Waals surface area contributed by atoms with Crippen molar-refractivity contribution in [2.75, 3.05) is 46.0 Å². The van der Waals surface area contributed by atoms with Crippen molar-refractivity contribution < 1.29 is 53.0 Å². The summed E-state index contributed by atoms with van der Waals surface area (Å²) in [7, 11) is 3.34. The zero-order valence-electron chi connectivity index (χ0n) is 51.3. The average molecular weight is 1170 g/mol.